The summed E-state index contributed by atoms with van der Waals surface area (Å²) in [6, 6.07) is 0. The highest BCUT2D eigenvalue weighted by Gasteiger charge is 2.33. The summed E-state index contributed by atoms with van der Waals surface area (Å²) in [5, 5.41) is 12.7. The first-order valence-electron chi connectivity index (χ1n) is 6.14. The number of nitrogens with zero attached hydrogens (tertiary/aromatic N) is 1. The average Bonchev–Trinajstić information content (AvgIpc) is 2.81. The molecule has 2 rings (SSSR count). The normalized spacial score (nSPS) is 22.2. The summed E-state index contributed by atoms with van der Waals surface area (Å²) in [5.74, 6) is -2.22. The molecule has 1 aliphatic carbocycles. The summed E-state index contributed by atoms with van der Waals surface area (Å²) in [4.78, 5) is 28.4. The molecule has 1 aromatic rings. The standard InChI is InChI=1S/C13H16N2O3S/c1-8-6-14-11(19-8)7-15-12(16)9-4-2-3-5-10(9)13(17)18/h2-3,6,9-10H,4-5,7H2,1H3,(H,15,16)(H,17,18)/t9-,10+/m1/s1. The number of hydrogen-bond acceptors (Lipinski definition) is 4. The summed E-state index contributed by atoms with van der Waals surface area (Å²) < 4.78 is 0. The molecule has 2 N–H and O–H groups in total. The minimum atomic E-state index is -0.908. The highest BCUT2D eigenvalue weighted by molar-refractivity contribution is 7.11. The zero-order valence-electron chi connectivity index (χ0n) is 10.6. The maximum atomic E-state index is 12.1. The van der Waals surface area contributed by atoms with Gasteiger partial charge < -0.3 is 10.4 Å². The second-order valence-electron chi connectivity index (χ2n) is 4.58. The van der Waals surface area contributed by atoms with Crippen molar-refractivity contribution in [2.24, 2.45) is 11.8 Å². The molecule has 0 unspecified atom stereocenters. The smallest absolute Gasteiger partial charge is 0.307 e. The van der Waals surface area contributed by atoms with Crippen molar-refractivity contribution in [2.75, 3.05) is 0 Å². The van der Waals surface area contributed by atoms with Crippen LogP contribution >= 0.6 is 11.3 Å². The van der Waals surface area contributed by atoms with Crippen molar-refractivity contribution < 1.29 is 14.7 Å². The van der Waals surface area contributed by atoms with Gasteiger partial charge in [-0.3, -0.25) is 9.59 Å². The van der Waals surface area contributed by atoms with Crippen LogP contribution in [0.25, 0.3) is 0 Å². The lowest BCUT2D eigenvalue weighted by molar-refractivity contribution is -0.147. The topological polar surface area (TPSA) is 79.3 Å². The Morgan fingerprint density at radius 3 is 2.68 bits per heavy atom. The van der Waals surface area contributed by atoms with E-state index in [1.54, 1.807) is 6.20 Å². The molecule has 6 heteroatoms. The molecule has 5 nitrogen and oxygen atoms in total. The first-order valence-corrected chi connectivity index (χ1v) is 6.96. The predicted octanol–water partition coefficient (Wildman–Crippen LogP) is 1.73. The van der Waals surface area contributed by atoms with Crippen LogP contribution in [-0.4, -0.2) is 22.0 Å². The van der Waals surface area contributed by atoms with Gasteiger partial charge in [-0.1, -0.05) is 12.2 Å². The monoisotopic (exact) mass is 280 g/mol. The zero-order valence-corrected chi connectivity index (χ0v) is 11.4. The molecule has 19 heavy (non-hydrogen) atoms. The zero-order chi connectivity index (χ0) is 13.8. The molecule has 0 radical (unpaired) electrons. The molecular formula is C13H16N2O3S. The van der Waals surface area contributed by atoms with Gasteiger partial charge in [-0.25, -0.2) is 4.98 Å². The van der Waals surface area contributed by atoms with E-state index in [0.717, 1.165) is 9.88 Å². The quantitative estimate of drug-likeness (QED) is 0.823. The largest absolute Gasteiger partial charge is 0.481 e. The Balaban J connectivity index is 1.95. The van der Waals surface area contributed by atoms with Crippen LogP contribution in [-0.2, 0) is 16.1 Å². The van der Waals surface area contributed by atoms with Gasteiger partial charge in [0.2, 0.25) is 5.91 Å². The fourth-order valence-electron chi connectivity index (χ4n) is 2.15. The van der Waals surface area contributed by atoms with Crippen LogP contribution in [0.15, 0.2) is 18.3 Å². The van der Waals surface area contributed by atoms with Gasteiger partial charge in [-0.2, -0.15) is 0 Å². The molecule has 0 saturated heterocycles. The van der Waals surface area contributed by atoms with E-state index in [1.807, 2.05) is 19.1 Å². The number of carboxylic acid groups (broad SMARTS) is 1. The lowest BCUT2D eigenvalue weighted by Crippen LogP contribution is -2.38. The third-order valence-corrected chi connectivity index (χ3v) is 4.08. The van der Waals surface area contributed by atoms with Crippen LogP contribution in [0.1, 0.15) is 22.7 Å². The maximum absolute atomic E-state index is 12.1. The molecule has 1 aromatic heterocycles. The minimum Gasteiger partial charge on any atom is -0.481 e. The molecule has 0 aromatic carbocycles. The lowest BCUT2D eigenvalue weighted by atomic mass is 9.82. The van der Waals surface area contributed by atoms with Crippen LogP contribution in [0.2, 0.25) is 0 Å². The van der Waals surface area contributed by atoms with Gasteiger partial charge in [0.1, 0.15) is 5.01 Å². The van der Waals surface area contributed by atoms with Crippen molar-refractivity contribution in [1.29, 1.82) is 0 Å². The van der Waals surface area contributed by atoms with Crippen molar-refractivity contribution in [3.63, 3.8) is 0 Å². The lowest BCUT2D eigenvalue weighted by Gasteiger charge is -2.23. The van der Waals surface area contributed by atoms with Gasteiger partial charge >= 0.3 is 5.97 Å². The van der Waals surface area contributed by atoms with E-state index in [4.69, 9.17) is 5.11 Å². The molecule has 0 bridgehead atoms. The number of thiazole rings is 1. The number of carbonyl (C=O) groups is 2. The Hall–Kier alpha value is -1.69. The molecule has 0 aliphatic heterocycles. The molecule has 1 heterocycles. The van der Waals surface area contributed by atoms with Crippen LogP contribution in [0.4, 0.5) is 0 Å². The Labute approximate surface area is 115 Å². The molecule has 1 amide bonds. The van der Waals surface area contributed by atoms with E-state index >= 15 is 0 Å². The van der Waals surface area contributed by atoms with Crippen molar-refractivity contribution in [1.82, 2.24) is 10.3 Å². The Morgan fingerprint density at radius 2 is 2.11 bits per heavy atom. The number of aliphatic carboxylic acids is 1. The second-order valence-corrected chi connectivity index (χ2v) is 5.90. The Bertz CT molecular complexity index is 510. The molecule has 0 saturated carbocycles. The highest BCUT2D eigenvalue weighted by Crippen LogP contribution is 2.26. The van der Waals surface area contributed by atoms with E-state index in [1.165, 1.54) is 11.3 Å². The Morgan fingerprint density at radius 1 is 1.42 bits per heavy atom. The van der Waals surface area contributed by atoms with E-state index in [0.29, 0.717) is 19.4 Å². The highest BCUT2D eigenvalue weighted by atomic mass is 32.1. The fourth-order valence-corrected chi connectivity index (χ4v) is 2.88. The fraction of sp³-hybridized carbons (Fsp3) is 0.462. The first kappa shape index (κ1) is 13.7. The van der Waals surface area contributed by atoms with Crippen molar-refractivity contribution in [2.45, 2.75) is 26.3 Å². The number of rotatable bonds is 4. The second kappa shape index (κ2) is 5.97. The van der Waals surface area contributed by atoms with Gasteiger partial charge in [-0.15, -0.1) is 11.3 Å². The van der Waals surface area contributed by atoms with E-state index in [-0.39, 0.29) is 5.91 Å². The SMILES string of the molecule is Cc1cnc(CNC(=O)[C@@H]2CC=CC[C@@H]2C(=O)O)s1. The van der Waals surface area contributed by atoms with Gasteiger partial charge in [0.25, 0.3) is 0 Å². The first-order chi connectivity index (χ1) is 9.08. The number of carboxylic acids is 1. The predicted molar refractivity (Wildman–Crippen MR) is 71.7 cm³/mol. The van der Waals surface area contributed by atoms with Crippen molar-refractivity contribution >= 4 is 23.2 Å². The van der Waals surface area contributed by atoms with Crippen molar-refractivity contribution in [3.05, 3.63) is 28.2 Å². The average molecular weight is 280 g/mol. The summed E-state index contributed by atoms with van der Waals surface area (Å²) in [5.41, 5.74) is 0. The third kappa shape index (κ3) is 3.41. The van der Waals surface area contributed by atoms with Crippen LogP contribution in [0.3, 0.4) is 0 Å². The van der Waals surface area contributed by atoms with Gasteiger partial charge in [0, 0.05) is 11.1 Å². The van der Waals surface area contributed by atoms with E-state index in [2.05, 4.69) is 10.3 Å². The summed E-state index contributed by atoms with van der Waals surface area (Å²) in [7, 11) is 0. The summed E-state index contributed by atoms with van der Waals surface area (Å²) in [6.07, 6.45) is 6.36. The summed E-state index contributed by atoms with van der Waals surface area (Å²) >= 11 is 1.53. The molecular weight excluding hydrogens is 264 g/mol. The molecule has 0 spiro atoms. The van der Waals surface area contributed by atoms with E-state index in [9.17, 15) is 9.59 Å². The van der Waals surface area contributed by atoms with E-state index < -0.39 is 17.8 Å². The third-order valence-electron chi connectivity index (χ3n) is 3.17. The Kier molecular flexibility index (Phi) is 4.31. The maximum Gasteiger partial charge on any atom is 0.307 e. The number of allylic oxidation sites excluding steroid dienone is 2. The summed E-state index contributed by atoms with van der Waals surface area (Å²) in [6.45, 7) is 2.32. The van der Waals surface area contributed by atoms with Crippen molar-refractivity contribution in [3.8, 4) is 0 Å². The minimum absolute atomic E-state index is 0.204. The number of amides is 1. The van der Waals surface area contributed by atoms with Crippen LogP contribution < -0.4 is 5.32 Å². The number of nitrogens with one attached hydrogen (secondary N) is 1. The van der Waals surface area contributed by atoms with Gasteiger partial charge in [0.05, 0.1) is 18.4 Å². The van der Waals surface area contributed by atoms with Crippen LogP contribution in [0.5, 0.6) is 0 Å². The molecule has 102 valence electrons. The number of hydrogen-bond donors (Lipinski definition) is 2. The molecule has 0 fully saturated rings. The molecule has 2 atom stereocenters. The molecule has 1 aliphatic rings. The van der Waals surface area contributed by atoms with Gasteiger partial charge in [-0.05, 0) is 19.8 Å². The van der Waals surface area contributed by atoms with Crippen LogP contribution in [0, 0.1) is 18.8 Å². The number of aromatic nitrogens is 1. The number of aryl methyl sites for hydroxylation is 1. The van der Waals surface area contributed by atoms with Gasteiger partial charge in [0.15, 0.2) is 0 Å². The number of carbonyl (C=O) groups excluding carboxylic acids is 1.